The summed E-state index contributed by atoms with van der Waals surface area (Å²) in [7, 11) is 0. The van der Waals surface area contributed by atoms with Crippen molar-refractivity contribution >= 4 is 17.6 Å². The predicted molar refractivity (Wildman–Crippen MR) is 80.3 cm³/mol. The number of hydrogen-bond acceptors (Lipinski definition) is 3. The molecular weight excluding hydrogens is 311 g/mol. The number of Topliss-reactive ketones (excluding diaryl/α,β-unsaturated/α-hetero) is 1. The lowest BCUT2D eigenvalue weighted by Crippen LogP contribution is -2.39. The zero-order valence-electron chi connectivity index (χ0n) is 13.5. The summed E-state index contributed by atoms with van der Waals surface area (Å²) in [6, 6.07) is 4.03. The van der Waals surface area contributed by atoms with Crippen LogP contribution in [0.4, 0.5) is 23.7 Å². The van der Waals surface area contributed by atoms with Gasteiger partial charge in [-0.15, -0.1) is 0 Å². The van der Waals surface area contributed by atoms with Crippen molar-refractivity contribution in [2.75, 3.05) is 11.4 Å². The average molecular weight is 331 g/mol. The van der Waals surface area contributed by atoms with Gasteiger partial charge in [-0.2, -0.15) is 13.2 Å². The molecule has 0 aliphatic carbocycles. The van der Waals surface area contributed by atoms with E-state index < -0.39 is 23.4 Å². The third-order valence-electron chi connectivity index (χ3n) is 2.85. The van der Waals surface area contributed by atoms with Gasteiger partial charge < -0.3 is 4.74 Å². The summed E-state index contributed by atoms with van der Waals surface area (Å²) in [5, 5.41) is 0. The lowest BCUT2D eigenvalue weighted by Gasteiger charge is -2.27. The maximum atomic E-state index is 12.6. The molecule has 0 radical (unpaired) electrons. The first kappa shape index (κ1) is 19.0. The number of carbonyl (C=O) groups is 2. The van der Waals surface area contributed by atoms with E-state index in [9.17, 15) is 22.8 Å². The Morgan fingerprint density at radius 3 is 2.00 bits per heavy atom. The van der Waals surface area contributed by atoms with Crippen LogP contribution in [-0.2, 0) is 15.7 Å². The number of halogens is 3. The number of nitrogens with zero attached hydrogens (tertiary/aromatic N) is 1. The number of ketones is 1. The molecule has 0 fully saturated rings. The highest BCUT2D eigenvalue weighted by Crippen LogP contribution is 2.30. The first-order valence-electron chi connectivity index (χ1n) is 7.13. The molecule has 0 atom stereocenters. The Balaban J connectivity index is 3.09. The summed E-state index contributed by atoms with van der Waals surface area (Å²) < 4.78 is 43.0. The van der Waals surface area contributed by atoms with E-state index >= 15 is 0 Å². The molecule has 0 aliphatic rings. The summed E-state index contributed by atoms with van der Waals surface area (Å²) >= 11 is 0. The number of carbonyl (C=O) groups excluding carboxylic acids is 2. The average Bonchev–Trinajstić information content (AvgIpc) is 2.41. The number of rotatable bonds is 4. The molecular formula is C16H20F3NO3. The number of alkyl halides is 3. The number of ether oxygens (including phenoxy) is 1. The van der Waals surface area contributed by atoms with Crippen LogP contribution in [0.3, 0.4) is 0 Å². The largest absolute Gasteiger partial charge is 0.443 e. The van der Waals surface area contributed by atoms with Crippen LogP contribution < -0.4 is 4.90 Å². The molecule has 0 heterocycles. The number of amides is 1. The lowest BCUT2D eigenvalue weighted by molar-refractivity contribution is -0.137. The first-order valence-corrected chi connectivity index (χ1v) is 7.13. The standard InChI is InChI=1S/C16H20F3NO3/c1-5-13(21)10-20(14(22)23-15(2,3)4)12-8-6-11(7-9-12)16(17,18)19/h6-9H,5,10H2,1-4H3. The third-order valence-corrected chi connectivity index (χ3v) is 2.85. The Kier molecular flexibility index (Phi) is 5.80. The maximum Gasteiger partial charge on any atom is 0.416 e. The van der Waals surface area contributed by atoms with Crippen molar-refractivity contribution in [3.05, 3.63) is 29.8 Å². The summed E-state index contributed by atoms with van der Waals surface area (Å²) in [6.45, 7) is 6.38. The summed E-state index contributed by atoms with van der Waals surface area (Å²) in [4.78, 5) is 24.9. The van der Waals surface area contributed by atoms with Gasteiger partial charge in [-0.3, -0.25) is 9.69 Å². The molecule has 7 heteroatoms. The summed E-state index contributed by atoms with van der Waals surface area (Å²) in [5.41, 5.74) is -1.43. The molecule has 0 saturated heterocycles. The topological polar surface area (TPSA) is 46.6 Å². The second-order valence-corrected chi connectivity index (χ2v) is 6.00. The van der Waals surface area contributed by atoms with Gasteiger partial charge in [0.15, 0.2) is 5.78 Å². The van der Waals surface area contributed by atoms with Crippen LogP contribution in [0.1, 0.15) is 39.7 Å². The van der Waals surface area contributed by atoms with E-state index in [1.807, 2.05) is 0 Å². The molecule has 1 aromatic carbocycles. The second kappa shape index (κ2) is 7.02. The van der Waals surface area contributed by atoms with E-state index in [2.05, 4.69) is 0 Å². The van der Waals surface area contributed by atoms with Crippen LogP contribution in [0, 0.1) is 0 Å². The molecule has 0 spiro atoms. The summed E-state index contributed by atoms with van der Waals surface area (Å²) in [5.74, 6) is -0.226. The minimum Gasteiger partial charge on any atom is -0.443 e. The zero-order valence-corrected chi connectivity index (χ0v) is 13.5. The quantitative estimate of drug-likeness (QED) is 0.820. The Bertz CT molecular complexity index is 559. The molecule has 1 rings (SSSR count). The van der Waals surface area contributed by atoms with Crippen LogP contribution in [0.25, 0.3) is 0 Å². The highest BCUT2D eigenvalue weighted by molar-refractivity contribution is 5.95. The van der Waals surface area contributed by atoms with Crippen LogP contribution in [0.5, 0.6) is 0 Å². The fraction of sp³-hybridized carbons (Fsp3) is 0.500. The zero-order chi connectivity index (χ0) is 17.8. The van der Waals surface area contributed by atoms with Crippen molar-refractivity contribution in [2.45, 2.75) is 45.9 Å². The van der Waals surface area contributed by atoms with E-state index in [1.165, 1.54) is 0 Å². The molecule has 128 valence electrons. The molecule has 0 N–H and O–H groups in total. The molecule has 0 bridgehead atoms. The SMILES string of the molecule is CCC(=O)CN(C(=O)OC(C)(C)C)c1ccc(C(F)(F)F)cc1. The van der Waals surface area contributed by atoms with E-state index in [0.29, 0.717) is 0 Å². The van der Waals surface area contributed by atoms with E-state index in [0.717, 1.165) is 29.2 Å². The van der Waals surface area contributed by atoms with Crippen molar-refractivity contribution in [1.82, 2.24) is 0 Å². The molecule has 0 aromatic heterocycles. The maximum absolute atomic E-state index is 12.6. The number of hydrogen-bond donors (Lipinski definition) is 0. The fourth-order valence-corrected chi connectivity index (χ4v) is 1.70. The van der Waals surface area contributed by atoms with Gasteiger partial charge in [-0.1, -0.05) is 6.92 Å². The smallest absolute Gasteiger partial charge is 0.416 e. The van der Waals surface area contributed by atoms with Crippen molar-refractivity contribution in [1.29, 1.82) is 0 Å². The lowest BCUT2D eigenvalue weighted by atomic mass is 10.1. The second-order valence-electron chi connectivity index (χ2n) is 6.00. The van der Waals surface area contributed by atoms with Gasteiger partial charge in [0.25, 0.3) is 0 Å². The van der Waals surface area contributed by atoms with Crippen LogP contribution in [0.15, 0.2) is 24.3 Å². The molecule has 1 amide bonds. The van der Waals surface area contributed by atoms with E-state index in [-0.39, 0.29) is 24.4 Å². The van der Waals surface area contributed by atoms with Gasteiger partial charge in [0.05, 0.1) is 12.1 Å². The van der Waals surface area contributed by atoms with Crippen molar-refractivity contribution in [3.8, 4) is 0 Å². The molecule has 0 saturated carbocycles. The highest BCUT2D eigenvalue weighted by Gasteiger charge is 2.31. The summed E-state index contributed by atoms with van der Waals surface area (Å²) in [6.07, 6.45) is -5.03. The molecule has 4 nitrogen and oxygen atoms in total. The van der Waals surface area contributed by atoms with Crippen molar-refractivity contribution in [2.24, 2.45) is 0 Å². The van der Waals surface area contributed by atoms with Crippen LogP contribution in [-0.4, -0.2) is 24.0 Å². The van der Waals surface area contributed by atoms with Crippen LogP contribution >= 0.6 is 0 Å². The Hall–Kier alpha value is -2.05. The van der Waals surface area contributed by atoms with E-state index in [4.69, 9.17) is 4.74 Å². The van der Waals surface area contributed by atoms with Gasteiger partial charge in [0.2, 0.25) is 0 Å². The van der Waals surface area contributed by atoms with Gasteiger partial charge in [-0.05, 0) is 45.0 Å². The van der Waals surface area contributed by atoms with Gasteiger partial charge in [-0.25, -0.2) is 4.79 Å². The van der Waals surface area contributed by atoms with Gasteiger partial charge in [0.1, 0.15) is 5.60 Å². The monoisotopic (exact) mass is 331 g/mol. The number of anilines is 1. The molecule has 0 unspecified atom stereocenters. The molecule has 0 aliphatic heterocycles. The van der Waals surface area contributed by atoms with Crippen LogP contribution in [0.2, 0.25) is 0 Å². The highest BCUT2D eigenvalue weighted by atomic mass is 19.4. The molecule has 23 heavy (non-hydrogen) atoms. The Morgan fingerprint density at radius 1 is 1.09 bits per heavy atom. The number of benzene rings is 1. The van der Waals surface area contributed by atoms with Gasteiger partial charge >= 0.3 is 12.3 Å². The van der Waals surface area contributed by atoms with Crippen molar-refractivity contribution in [3.63, 3.8) is 0 Å². The minimum absolute atomic E-state index is 0.175. The van der Waals surface area contributed by atoms with Crippen molar-refractivity contribution < 1.29 is 27.5 Å². The Labute approximate surface area is 133 Å². The van der Waals surface area contributed by atoms with E-state index in [1.54, 1.807) is 27.7 Å². The predicted octanol–water partition coefficient (Wildman–Crippen LogP) is 4.43. The fourth-order valence-electron chi connectivity index (χ4n) is 1.70. The Morgan fingerprint density at radius 2 is 1.61 bits per heavy atom. The third kappa shape index (κ3) is 5.92. The van der Waals surface area contributed by atoms with Gasteiger partial charge in [0, 0.05) is 12.1 Å². The normalized spacial score (nSPS) is 12.0. The molecule has 1 aromatic rings. The first-order chi connectivity index (χ1) is 10.4. The minimum atomic E-state index is -4.46.